The van der Waals surface area contributed by atoms with Crippen LogP contribution in [-0.2, 0) is 7.05 Å². The second-order valence-electron chi connectivity index (χ2n) is 3.51. The molecule has 0 amide bonds. The Morgan fingerprint density at radius 2 is 2.06 bits per heavy atom. The summed E-state index contributed by atoms with van der Waals surface area (Å²) in [6.07, 6.45) is 0. The maximum Gasteiger partial charge on any atom is 0.146 e. The van der Waals surface area contributed by atoms with Gasteiger partial charge in [-0.15, -0.1) is 0 Å². The number of rotatable bonds is 1. The molecule has 80 valence electrons. The van der Waals surface area contributed by atoms with Crippen molar-refractivity contribution in [1.82, 2.24) is 4.57 Å². The van der Waals surface area contributed by atoms with Gasteiger partial charge in [0.05, 0.1) is 5.69 Å². The van der Waals surface area contributed by atoms with Crippen LogP contribution in [-0.4, -0.2) is 4.57 Å². The number of nitrogens with zero attached hydrogens (tertiary/aromatic N) is 2. The van der Waals surface area contributed by atoms with Crippen LogP contribution >= 0.6 is 0 Å². The topological polar surface area (TPSA) is 54.7 Å². The molecule has 0 aliphatic rings. The Labute approximate surface area is 92.5 Å². The molecule has 0 fully saturated rings. The molecule has 16 heavy (non-hydrogen) atoms. The highest BCUT2D eigenvalue weighted by atomic mass is 19.1. The van der Waals surface area contributed by atoms with Crippen LogP contribution in [0.3, 0.4) is 0 Å². The van der Waals surface area contributed by atoms with Crippen molar-refractivity contribution < 1.29 is 4.39 Å². The molecule has 1 aromatic carbocycles. The van der Waals surface area contributed by atoms with E-state index >= 15 is 0 Å². The summed E-state index contributed by atoms with van der Waals surface area (Å²) in [5.74, 6) is -0.447. The van der Waals surface area contributed by atoms with Crippen molar-refractivity contribution in [3.05, 3.63) is 41.8 Å². The first kappa shape index (κ1) is 10.2. The van der Waals surface area contributed by atoms with Gasteiger partial charge in [-0.3, -0.25) is 0 Å². The Hall–Kier alpha value is -2.28. The van der Waals surface area contributed by atoms with Crippen LogP contribution in [0.15, 0.2) is 30.3 Å². The van der Waals surface area contributed by atoms with E-state index in [1.165, 1.54) is 12.1 Å². The van der Waals surface area contributed by atoms with Crippen molar-refractivity contribution in [2.45, 2.75) is 0 Å². The summed E-state index contributed by atoms with van der Waals surface area (Å²) < 4.78 is 15.0. The summed E-state index contributed by atoms with van der Waals surface area (Å²) in [6, 6.07) is 10.2. The third-order valence-electron chi connectivity index (χ3n) is 2.53. The molecule has 0 aliphatic carbocycles. The number of hydrogen-bond donors (Lipinski definition) is 1. The number of anilines is 1. The zero-order chi connectivity index (χ0) is 11.7. The molecular weight excluding hydrogens is 205 g/mol. The second-order valence-corrected chi connectivity index (χ2v) is 3.51. The predicted octanol–water partition coefficient (Wildman–Crippen LogP) is 2.29. The van der Waals surface area contributed by atoms with Crippen LogP contribution in [0, 0.1) is 17.1 Å². The van der Waals surface area contributed by atoms with Crippen molar-refractivity contribution in [3.8, 4) is 17.3 Å². The molecule has 1 heterocycles. The highest BCUT2D eigenvalue weighted by Gasteiger charge is 2.08. The number of nitrogen functional groups attached to an aromatic ring is 1. The summed E-state index contributed by atoms with van der Waals surface area (Å²) in [6.45, 7) is 0. The summed E-state index contributed by atoms with van der Waals surface area (Å²) in [4.78, 5) is 0. The lowest BCUT2D eigenvalue weighted by molar-refractivity contribution is 0.633. The van der Waals surface area contributed by atoms with Crippen molar-refractivity contribution in [2.24, 2.45) is 7.05 Å². The van der Waals surface area contributed by atoms with Gasteiger partial charge in [0.2, 0.25) is 0 Å². The zero-order valence-electron chi connectivity index (χ0n) is 8.74. The SMILES string of the molecule is Cn1c(C#N)ccc1-c1ccc(N)c(F)c1. The molecule has 0 unspecified atom stereocenters. The quantitative estimate of drug-likeness (QED) is 0.742. The fourth-order valence-corrected chi connectivity index (χ4v) is 1.60. The Morgan fingerprint density at radius 3 is 2.62 bits per heavy atom. The van der Waals surface area contributed by atoms with E-state index in [0.717, 1.165) is 5.69 Å². The molecule has 0 spiro atoms. The third-order valence-corrected chi connectivity index (χ3v) is 2.53. The van der Waals surface area contributed by atoms with E-state index < -0.39 is 5.82 Å². The minimum Gasteiger partial charge on any atom is -0.396 e. The van der Waals surface area contributed by atoms with E-state index in [0.29, 0.717) is 11.3 Å². The van der Waals surface area contributed by atoms with Gasteiger partial charge in [0, 0.05) is 18.3 Å². The van der Waals surface area contributed by atoms with Crippen LogP contribution in [0.5, 0.6) is 0 Å². The van der Waals surface area contributed by atoms with Crippen LogP contribution in [0.2, 0.25) is 0 Å². The van der Waals surface area contributed by atoms with Crippen molar-refractivity contribution in [3.63, 3.8) is 0 Å². The first-order valence-corrected chi connectivity index (χ1v) is 4.74. The van der Waals surface area contributed by atoms with Gasteiger partial charge in [-0.05, 0) is 24.3 Å². The Bertz CT molecular complexity index is 578. The van der Waals surface area contributed by atoms with Crippen LogP contribution in [0.25, 0.3) is 11.3 Å². The number of nitriles is 1. The first-order valence-electron chi connectivity index (χ1n) is 4.74. The molecule has 3 nitrogen and oxygen atoms in total. The largest absolute Gasteiger partial charge is 0.396 e. The zero-order valence-corrected chi connectivity index (χ0v) is 8.74. The smallest absolute Gasteiger partial charge is 0.146 e. The summed E-state index contributed by atoms with van der Waals surface area (Å²) >= 11 is 0. The Morgan fingerprint density at radius 1 is 1.31 bits per heavy atom. The molecule has 2 rings (SSSR count). The lowest BCUT2D eigenvalue weighted by Crippen LogP contribution is -1.96. The molecule has 0 saturated carbocycles. The van der Waals surface area contributed by atoms with E-state index in [2.05, 4.69) is 6.07 Å². The lowest BCUT2D eigenvalue weighted by atomic mass is 10.1. The lowest BCUT2D eigenvalue weighted by Gasteiger charge is -2.05. The Kier molecular flexibility index (Phi) is 2.37. The number of nitrogens with two attached hydrogens (primary N) is 1. The monoisotopic (exact) mass is 215 g/mol. The second kappa shape index (κ2) is 3.70. The van der Waals surface area contributed by atoms with Gasteiger partial charge in [-0.2, -0.15) is 5.26 Å². The minimum absolute atomic E-state index is 0.124. The third kappa shape index (κ3) is 1.52. The normalized spacial score (nSPS) is 10.1. The standard InChI is InChI=1S/C12H10FN3/c1-16-9(7-14)3-5-12(16)8-2-4-11(15)10(13)6-8/h2-6H,15H2,1H3. The molecule has 0 bridgehead atoms. The summed E-state index contributed by atoms with van der Waals surface area (Å²) in [7, 11) is 1.77. The van der Waals surface area contributed by atoms with Crippen LogP contribution < -0.4 is 5.73 Å². The van der Waals surface area contributed by atoms with Gasteiger partial charge in [0.25, 0.3) is 0 Å². The van der Waals surface area contributed by atoms with Gasteiger partial charge in [-0.1, -0.05) is 6.07 Å². The molecule has 0 saturated heterocycles. The van der Waals surface area contributed by atoms with Gasteiger partial charge in [0.15, 0.2) is 0 Å². The number of aromatic nitrogens is 1. The van der Waals surface area contributed by atoms with E-state index in [1.54, 1.807) is 29.8 Å². The van der Waals surface area contributed by atoms with Gasteiger partial charge in [-0.25, -0.2) is 4.39 Å². The van der Waals surface area contributed by atoms with E-state index in [9.17, 15) is 4.39 Å². The van der Waals surface area contributed by atoms with Gasteiger partial charge < -0.3 is 10.3 Å². The van der Waals surface area contributed by atoms with Crippen LogP contribution in [0.1, 0.15) is 5.69 Å². The first-order chi connectivity index (χ1) is 7.63. The predicted molar refractivity (Wildman–Crippen MR) is 59.9 cm³/mol. The van der Waals surface area contributed by atoms with E-state index in [4.69, 9.17) is 11.0 Å². The van der Waals surface area contributed by atoms with Crippen molar-refractivity contribution in [1.29, 1.82) is 5.26 Å². The molecular formula is C12H10FN3. The maximum atomic E-state index is 13.3. The van der Waals surface area contributed by atoms with Crippen molar-refractivity contribution in [2.75, 3.05) is 5.73 Å². The summed E-state index contributed by atoms with van der Waals surface area (Å²) in [5.41, 5.74) is 7.55. The number of benzene rings is 1. The van der Waals surface area contributed by atoms with E-state index in [-0.39, 0.29) is 5.69 Å². The molecule has 0 radical (unpaired) electrons. The molecule has 2 aromatic rings. The molecule has 4 heteroatoms. The minimum atomic E-state index is -0.447. The highest BCUT2D eigenvalue weighted by Crippen LogP contribution is 2.24. The molecule has 1 aromatic heterocycles. The highest BCUT2D eigenvalue weighted by molar-refractivity contribution is 5.64. The summed E-state index contributed by atoms with van der Waals surface area (Å²) in [5, 5.41) is 8.81. The Balaban J connectivity index is 2.55. The van der Waals surface area contributed by atoms with Gasteiger partial charge in [0.1, 0.15) is 17.6 Å². The number of halogens is 1. The van der Waals surface area contributed by atoms with Crippen LogP contribution in [0.4, 0.5) is 10.1 Å². The van der Waals surface area contributed by atoms with Gasteiger partial charge >= 0.3 is 0 Å². The van der Waals surface area contributed by atoms with E-state index in [1.807, 2.05) is 0 Å². The average Bonchev–Trinajstić information content (AvgIpc) is 2.64. The van der Waals surface area contributed by atoms with Crippen molar-refractivity contribution >= 4 is 5.69 Å². The fourth-order valence-electron chi connectivity index (χ4n) is 1.60. The molecule has 0 aliphatic heterocycles. The fraction of sp³-hybridized carbons (Fsp3) is 0.0833. The number of hydrogen-bond acceptors (Lipinski definition) is 2. The molecule has 2 N–H and O–H groups in total. The molecule has 0 atom stereocenters. The average molecular weight is 215 g/mol. The maximum absolute atomic E-state index is 13.3.